The van der Waals surface area contributed by atoms with Gasteiger partial charge in [-0.3, -0.25) is 0 Å². The van der Waals surface area contributed by atoms with E-state index in [2.05, 4.69) is 20.5 Å². The number of benzene rings is 1. The molecular weight excluding hydrogens is 304 g/mol. The summed E-state index contributed by atoms with van der Waals surface area (Å²) in [5.74, 6) is 0.797. The maximum atomic E-state index is 12.3. The fourth-order valence-corrected chi connectivity index (χ4v) is 2.91. The van der Waals surface area contributed by atoms with Crippen LogP contribution in [0.25, 0.3) is 0 Å². The second-order valence-electron chi connectivity index (χ2n) is 5.81. The summed E-state index contributed by atoms with van der Waals surface area (Å²) in [5.41, 5.74) is 1.54. The summed E-state index contributed by atoms with van der Waals surface area (Å²) in [6.07, 6.45) is 4.02. The van der Waals surface area contributed by atoms with E-state index in [-0.39, 0.29) is 12.6 Å². The number of nitrogens with one attached hydrogen (secondary N) is 2. The Balaban J connectivity index is 1.68. The first kappa shape index (κ1) is 16.3. The smallest absolute Gasteiger partial charge is 0.319 e. The van der Waals surface area contributed by atoms with Crippen molar-refractivity contribution in [3.63, 3.8) is 0 Å². The Kier molecular flexibility index (Phi) is 5.28. The van der Waals surface area contributed by atoms with Gasteiger partial charge in [0.2, 0.25) is 0 Å². The van der Waals surface area contributed by atoms with Crippen LogP contribution in [-0.2, 0) is 0 Å². The van der Waals surface area contributed by atoms with Crippen molar-refractivity contribution in [2.24, 2.45) is 0 Å². The molecule has 1 aromatic heterocycles. The minimum absolute atomic E-state index is 0.163. The van der Waals surface area contributed by atoms with Crippen molar-refractivity contribution in [3.05, 3.63) is 54.2 Å². The normalized spacial score (nSPS) is 15.1. The van der Waals surface area contributed by atoms with Gasteiger partial charge >= 0.3 is 6.03 Å². The summed E-state index contributed by atoms with van der Waals surface area (Å²) in [6, 6.07) is 12.3. The molecule has 2 aromatic rings. The number of hydrogen-bond acceptors (Lipinski definition) is 4. The molecule has 0 aliphatic carbocycles. The molecule has 126 valence electrons. The molecule has 1 aliphatic heterocycles. The van der Waals surface area contributed by atoms with E-state index in [1.807, 2.05) is 36.4 Å². The summed E-state index contributed by atoms with van der Waals surface area (Å²) < 4.78 is 0. The average molecular weight is 326 g/mol. The number of rotatable bonds is 5. The molecule has 0 radical (unpaired) electrons. The Morgan fingerprint density at radius 2 is 1.92 bits per heavy atom. The van der Waals surface area contributed by atoms with E-state index in [4.69, 9.17) is 0 Å². The fraction of sp³-hybridized carbons (Fsp3) is 0.333. The lowest BCUT2D eigenvalue weighted by molar-refractivity contribution is 0.225. The van der Waals surface area contributed by atoms with Crippen LogP contribution in [0.15, 0.2) is 48.7 Å². The van der Waals surface area contributed by atoms with Crippen LogP contribution in [0.5, 0.6) is 0 Å². The summed E-state index contributed by atoms with van der Waals surface area (Å²) >= 11 is 0. The van der Waals surface area contributed by atoms with Crippen LogP contribution in [-0.4, -0.2) is 35.8 Å². The predicted octanol–water partition coefficient (Wildman–Crippen LogP) is 2.54. The van der Waals surface area contributed by atoms with Crippen LogP contribution in [0.3, 0.4) is 0 Å². The Hall–Kier alpha value is -2.60. The van der Waals surface area contributed by atoms with Gasteiger partial charge in [-0.25, -0.2) is 9.78 Å². The lowest BCUT2D eigenvalue weighted by Crippen LogP contribution is -2.35. The van der Waals surface area contributed by atoms with Crippen molar-refractivity contribution in [1.82, 2.24) is 10.3 Å². The Morgan fingerprint density at radius 1 is 1.17 bits per heavy atom. The second-order valence-corrected chi connectivity index (χ2v) is 5.81. The van der Waals surface area contributed by atoms with Crippen LogP contribution >= 0.6 is 0 Å². The zero-order valence-electron chi connectivity index (χ0n) is 13.5. The summed E-state index contributed by atoms with van der Waals surface area (Å²) in [4.78, 5) is 18.9. The van der Waals surface area contributed by atoms with Crippen LogP contribution in [0.2, 0.25) is 0 Å². The van der Waals surface area contributed by atoms with Crippen LogP contribution in [0, 0.1) is 0 Å². The molecule has 3 N–H and O–H groups in total. The van der Waals surface area contributed by atoms with Crippen LogP contribution in [0.4, 0.5) is 16.3 Å². The molecule has 2 heterocycles. The molecule has 1 saturated heterocycles. The van der Waals surface area contributed by atoms with E-state index in [1.54, 1.807) is 12.3 Å². The SMILES string of the molecule is O=C(Nc1cccnc1N1CCCC1)N[C@H](CO)c1ccccc1. The van der Waals surface area contributed by atoms with E-state index >= 15 is 0 Å². The van der Waals surface area contributed by atoms with E-state index in [0.29, 0.717) is 5.69 Å². The quantitative estimate of drug-likeness (QED) is 0.789. The van der Waals surface area contributed by atoms with Crippen molar-refractivity contribution in [2.45, 2.75) is 18.9 Å². The summed E-state index contributed by atoms with van der Waals surface area (Å²) in [6.45, 7) is 1.75. The molecule has 1 atom stereocenters. The van der Waals surface area contributed by atoms with Gasteiger partial charge in [-0.2, -0.15) is 0 Å². The van der Waals surface area contributed by atoms with Gasteiger partial charge in [0.15, 0.2) is 5.82 Å². The molecule has 1 aliphatic rings. The van der Waals surface area contributed by atoms with E-state index in [1.165, 1.54) is 0 Å². The molecule has 24 heavy (non-hydrogen) atoms. The Morgan fingerprint density at radius 3 is 2.62 bits per heavy atom. The maximum Gasteiger partial charge on any atom is 0.319 e. The minimum atomic E-state index is -0.446. The molecule has 1 aromatic carbocycles. The molecule has 0 spiro atoms. The van der Waals surface area contributed by atoms with Crippen molar-refractivity contribution in [1.29, 1.82) is 0 Å². The van der Waals surface area contributed by atoms with Crippen molar-refractivity contribution < 1.29 is 9.90 Å². The number of pyridine rings is 1. The lowest BCUT2D eigenvalue weighted by atomic mass is 10.1. The molecule has 1 fully saturated rings. The number of urea groups is 1. The highest BCUT2D eigenvalue weighted by atomic mass is 16.3. The monoisotopic (exact) mass is 326 g/mol. The second kappa shape index (κ2) is 7.79. The number of anilines is 2. The molecule has 0 bridgehead atoms. The van der Waals surface area contributed by atoms with Crippen molar-refractivity contribution in [3.8, 4) is 0 Å². The number of carbonyl (C=O) groups is 1. The fourth-order valence-electron chi connectivity index (χ4n) is 2.91. The van der Waals surface area contributed by atoms with Crippen molar-refractivity contribution >= 4 is 17.5 Å². The Labute approximate surface area is 141 Å². The highest BCUT2D eigenvalue weighted by molar-refractivity contribution is 5.92. The number of carbonyl (C=O) groups excluding carboxylic acids is 1. The lowest BCUT2D eigenvalue weighted by Gasteiger charge is -2.21. The maximum absolute atomic E-state index is 12.3. The number of aliphatic hydroxyl groups excluding tert-OH is 1. The number of aliphatic hydroxyl groups is 1. The molecular formula is C18H22N4O2. The zero-order chi connectivity index (χ0) is 16.8. The third-order valence-electron chi connectivity index (χ3n) is 4.13. The third-order valence-corrected chi connectivity index (χ3v) is 4.13. The topological polar surface area (TPSA) is 77.5 Å². The van der Waals surface area contributed by atoms with E-state index < -0.39 is 6.04 Å². The van der Waals surface area contributed by atoms with E-state index in [9.17, 15) is 9.90 Å². The van der Waals surface area contributed by atoms with E-state index in [0.717, 1.165) is 37.3 Å². The first-order chi connectivity index (χ1) is 11.8. The first-order valence-electron chi connectivity index (χ1n) is 8.21. The molecule has 0 unspecified atom stereocenters. The number of aromatic nitrogens is 1. The first-order valence-corrected chi connectivity index (χ1v) is 8.21. The average Bonchev–Trinajstić information content (AvgIpc) is 3.15. The van der Waals surface area contributed by atoms with Gasteiger partial charge in [-0.15, -0.1) is 0 Å². The number of nitrogens with zero attached hydrogens (tertiary/aromatic N) is 2. The molecule has 6 heteroatoms. The van der Waals surface area contributed by atoms with Crippen molar-refractivity contribution in [2.75, 3.05) is 29.9 Å². The van der Waals surface area contributed by atoms with Gasteiger partial charge in [-0.05, 0) is 30.5 Å². The predicted molar refractivity (Wildman–Crippen MR) is 94.1 cm³/mol. The molecule has 3 rings (SSSR count). The van der Waals surface area contributed by atoms with Gasteiger partial charge in [0.25, 0.3) is 0 Å². The van der Waals surface area contributed by atoms with Crippen LogP contribution < -0.4 is 15.5 Å². The molecule has 2 amide bonds. The summed E-state index contributed by atoms with van der Waals surface area (Å²) in [7, 11) is 0. The van der Waals surface area contributed by atoms with Gasteiger partial charge < -0.3 is 20.6 Å². The standard InChI is InChI=1S/C18H22N4O2/c23-13-16(14-7-2-1-3-8-14)21-18(24)20-15-9-6-10-19-17(15)22-11-4-5-12-22/h1-3,6-10,16,23H,4-5,11-13H2,(H2,20,21,24)/t16-/m1/s1. The Bertz CT molecular complexity index is 672. The van der Waals surface area contributed by atoms with Gasteiger partial charge in [0.1, 0.15) is 0 Å². The minimum Gasteiger partial charge on any atom is -0.394 e. The van der Waals surface area contributed by atoms with Gasteiger partial charge in [0.05, 0.1) is 18.3 Å². The molecule has 0 saturated carbocycles. The largest absolute Gasteiger partial charge is 0.394 e. The number of hydrogen-bond donors (Lipinski definition) is 3. The third kappa shape index (κ3) is 3.83. The number of amides is 2. The van der Waals surface area contributed by atoms with Gasteiger partial charge in [0, 0.05) is 19.3 Å². The highest BCUT2D eigenvalue weighted by Crippen LogP contribution is 2.26. The van der Waals surface area contributed by atoms with Crippen LogP contribution in [0.1, 0.15) is 24.4 Å². The zero-order valence-corrected chi connectivity index (χ0v) is 13.5. The summed E-state index contributed by atoms with van der Waals surface area (Å²) in [5, 5.41) is 15.2. The highest BCUT2D eigenvalue weighted by Gasteiger charge is 2.19. The molecule has 6 nitrogen and oxygen atoms in total. The van der Waals surface area contributed by atoms with Gasteiger partial charge in [-0.1, -0.05) is 30.3 Å².